The number of fused-ring (bicyclic) bond motifs is 1. The van der Waals surface area contributed by atoms with E-state index in [1.54, 1.807) is 4.90 Å². The summed E-state index contributed by atoms with van der Waals surface area (Å²) in [4.78, 5) is 34.5. The maximum absolute atomic E-state index is 13.3. The molecular formula is C23H28N4O4. The average Bonchev–Trinajstić information content (AvgIpc) is 2.91. The van der Waals surface area contributed by atoms with Crippen molar-refractivity contribution >= 4 is 23.4 Å². The number of nitrogens with zero attached hydrogens (tertiary/aromatic N) is 3. The van der Waals surface area contributed by atoms with Crippen LogP contribution in [0, 0.1) is 5.92 Å². The normalized spacial score (nSPS) is 23.5. The van der Waals surface area contributed by atoms with Gasteiger partial charge in [-0.3, -0.25) is 9.59 Å². The number of aromatic nitrogens is 2. The van der Waals surface area contributed by atoms with Gasteiger partial charge in [-0.15, -0.1) is 0 Å². The lowest BCUT2D eigenvalue weighted by atomic mass is 9.77. The molecule has 0 bridgehead atoms. The van der Waals surface area contributed by atoms with Crippen LogP contribution in [0.3, 0.4) is 0 Å². The molecule has 1 saturated carbocycles. The highest BCUT2D eigenvalue weighted by Crippen LogP contribution is 2.38. The van der Waals surface area contributed by atoms with E-state index in [4.69, 9.17) is 15.2 Å². The SMILES string of the molecule is COC(=O)CC1CCC(c2ccc(N3C(=O)c4c(N)ncnc4OC[C@@H]3C)cc2)CC1. The molecule has 31 heavy (non-hydrogen) atoms. The molecule has 8 heteroatoms. The molecule has 2 heterocycles. The monoisotopic (exact) mass is 424 g/mol. The summed E-state index contributed by atoms with van der Waals surface area (Å²) >= 11 is 0. The molecule has 0 radical (unpaired) electrons. The number of hydrogen-bond acceptors (Lipinski definition) is 7. The molecule has 1 atom stereocenters. The van der Waals surface area contributed by atoms with Crippen LogP contribution in [0.2, 0.25) is 0 Å². The molecule has 4 rings (SSSR count). The molecule has 0 spiro atoms. The average molecular weight is 425 g/mol. The molecule has 0 unspecified atom stereocenters. The number of carbonyl (C=O) groups is 2. The Labute approximate surface area is 181 Å². The number of rotatable bonds is 4. The van der Waals surface area contributed by atoms with Crippen molar-refractivity contribution < 1.29 is 19.1 Å². The molecule has 8 nitrogen and oxygen atoms in total. The van der Waals surface area contributed by atoms with E-state index in [9.17, 15) is 9.59 Å². The van der Waals surface area contributed by atoms with Crippen LogP contribution in [0.1, 0.15) is 60.9 Å². The van der Waals surface area contributed by atoms with Gasteiger partial charge in [-0.2, -0.15) is 0 Å². The fourth-order valence-electron chi connectivity index (χ4n) is 4.59. The summed E-state index contributed by atoms with van der Waals surface area (Å²) in [5, 5.41) is 0. The summed E-state index contributed by atoms with van der Waals surface area (Å²) in [6.45, 7) is 2.26. The summed E-state index contributed by atoms with van der Waals surface area (Å²) in [5.41, 5.74) is 8.21. The zero-order chi connectivity index (χ0) is 22.0. The van der Waals surface area contributed by atoms with E-state index >= 15 is 0 Å². The Morgan fingerprint density at radius 2 is 1.90 bits per heavy atom. The van der Waals surface area contributed by atoms with E-state index in [1.807, 2.05) is 19.1 Å². The van der Waals surface area contributed by atoms with Crippen LogP contribution in [0.5, 0.6) is 5.88 Å². The zero-order valence-electron chi connectivity index (χ0n) is 17.9. The van der Waals surface area contributed by atoms with Crippen molar-refractivity contribution in [3.05, 3.63) is 41.7 Å². The Balaban J connectivity index is 1.48. The van der Waals surface area contributed by atoms with Gasteiger partial charge in [-0.05, 0) is 62.1 Å². The van der Waals surface area contributed by atoms with Gasteiger partial charge >= 0.3 is 5.97 Å². The highest BCUT2D eigenvalue weighted by atomic mass is 16.5. The van der Waals surface area contributed by atoms with Gasteiger partial charge in [0.15, 0.2) is 0 Å². The van der Waals surface area contributed by atoms with Crippen molar-refractivity contribution in [1.82, 2.24) is 9.97 Å². The maximum Gasteiger partial charge on any atom is 0.305 e. The van der Waals surface area contributed by atoms with E-state index in [0.29, 0.717) is 24.9 Å². The van der Waals surface area contributed by atoms with Gasteiger partial charge in [0.05, 0.1) is 13.2 Å². The zero-order valence-corrected chi connectivity index (χ0v) is 17.9. The molecule has 164 valence electrons. The molecule has 1 aromatic carbocycles. The number of benzene rings is 1. The minimum Gasteiger partial charge on any atom is -0.475 e. The molecule has 1 aliphatic heterocycles. The Morgan fingerprint density at radius 3 is 2.58 bits per heavy atom. The van der Waals surface area contributed by atoms with E-state index in [-0.39, 0.29) is 35.2 Å². The molecule has 1 aliphatic carbocycles. The second kappa shape index (κ2) is 8.91. The predicted octanol–water partition coefficient (Wildman–Crippen LogP) is 3.32. The number of ether oxygens (including phenoxy) is 2. The molecular weight excluding hydrogens is 396 g/mol. The fraction of sp³-hybridized carbons (Fsp3) is 0.478. The Bertz CT molecular complexity index is 955. The molecule has 2 aliphatic rings. The summed E-state index contributed by atoms with van der Waals surface area (Å²) in [6.07, 6.45) is 5.96. The van der Waals surface area contributed by atoms with Crippen LogP contribution in [0.4, 0.5) is 11.5 Å². The molecule has 2 N–H and O–H groups in total. The lowest BCUT2D eigenvalue weighted by Gasteiger charge is -2.29. The quantitative estimate of drug-likeness (QED) is 0.750. The first-order valence-corrected chi connectivity index (χ1v) is 10.7. The molecule has 1 amide bonds. The summed E-state index contributed by atoms with van der Waals surface area (Å²) < 4.78 is 10.5. The lowest BCUT2D eigenvalue weighted by molar-refractivity contribution is -0.142. The van der Waals surface area contributed by atoms with Crippen LogP contribution in [-0.2, 0) is 9.53 Å². The second-order valence-electron chi connectivity index (χ2n) is 8.36. The van der Waals surface area contributed by atoms with Gasteiger partial charge in [0.1, 0.15) is 24.3 Å². The van der Waals surface area contributed by atoms with Crippen molar-refractivity contribution in [1.29, 1.82) is 0 Å². The molecule has 1 aromatic heterocycles. The summed E-state index contributed by atoms with van der Waals surface area (Å²) in [7, 11) is 1.44. The lowest BCUT2D eigenvalue weighted by Crippen LogP contribution is -2.40. The standard InChI is InChI=1S/C23H28N4O4/c1-14-12-31-22-20(21(24)25-13-26-22)23(29)27(14)18-9-7-17(8-10-18)16-5-3-15(4-6-16)11-19(28)30-2/h7-10,13-16H,3-6,11-12H2,1-2H3,(H2,24,25,26)/t14-,15?,16?/m0/s1. The first-order chi connectivity index (χ1) is 15.0. The molecule has 1 fully saturated rings. The van der Waals surface area contributed by atoms with Crippen LogP contribution < -0.4 is 15.4 Å². The Hall–Kier alpha value is -3.16. The fourth-order valence-corrected chi connectivity index (χ4v) is 4.59. The molecule has 0 saturated heterocycles. The van der Waals surface area contributed by atoms with Gasteiger partial charge in [-0.1, -0.05) is 12.1 Å². The van der Waals surface area contributed by atoms with Crippen LogP contribution in [0.25, 0.3) is 0 Å². The molecule has 2 aromatic rings. The number of esters is 1. The van der Waals surface area contributed by atoms with Crippen molar-refractivity contribution in [2.24, 2.45) is 5.92 Å². The third-order valence-electron chi connectivity index (χ3n) is 6.35. The van der Waals surface area contributed by atoms with Crippen molar-refractivity contribution in [2.45, 2.75) is 51.0 Å². The van der Waals surface area contributed by atoms with Gasteiger partial charge in [0.2, 0.25) is 5.88 Å². The van der Waals surface area contributed by atoms with Crippen molar-refractivity contribution in [3.63, 3.8) is 0 Å². The number of anilines is 2. The third-order valence-corrected chi connectivity index (χ3v) is 6.35. The van der Waals surface area contributed by atoms with Crippen LogP contribution in [0.15, 0.2) is 30.6 Å². The first-order valence-electron chi connectivity index (χ1n) is 10.7. The van der Waals surface area contributed by atoms with E-state index in [1.165, 1.54) is 19.0 Å². The predicted molar refractivity (Wildman–Crippen MR) is 116 cm³/mol. The number of amides is 1. The largest absolute Gasteiger partial charge is 0.475 e. The highest BCUT2D eigenvalue weighted by Gasteiger charge is 2.33. The number of methoxy groups -OCH3 is 1. The number of carbonyl (C=O) groups excluding carboxylic acids is 2. The third kappa shape index (κ3) is 4.33. The summed E-state index contributed by atoms with van der Waals surface area (Å²) in [5.74, 6) is 0.844. The van der Waals surface area contributed by atoms with E-state index < -0.39 is 0 Å². The van der Waals surface area contributed by atoms with Crippen LogP contribution in [-0.4, -0.2) is 41.6 Å². The second-order valence-corrected chi connectivity index (χ2v) is 8.36. The van der Waals surface area contributed by atoms with Gasteiger partial charge in [0.25, 0.3) is 5.91 Å². The Morgan fingerprint density at radius 1 is 1.19 bits per heavy atom. The van der Waals surface area contributed by atoms with Crippen LogP contribution >= 0.6 is 0 Å². The topological polar surface area (TPSA) is 108 Å². The Kier molecular flexibility index (Phi) is 6.06. The minimum absolute atomic E-state index is 0.120. The maximum atomic E-state index is 13.3. The van der Waals surface area contributed by atoms with Gasteiger partial charge < -0.3 is 20.1 Å². The first kappa shape index (κ1) is 21.1. The van der Waals surface area contributed by atoms with Crippen molar-refractivity contribution in [3.8, 4) is 5.88 Å². The smallest absolute Gasteiger partial charge is 0.305 e. The van der Waals surface area contributed by atoms with Crippen molar-refractivity contribution in [2.75, 3.05) is 24.4 Å². The van der Waals surface area contributed by atoms with Gasteiger partial charge in [0, 0.05) is 12.1 Å². The number of hydrogen-bond donors (Lipinski definition) is 1. The van der Waals surface area contributed by atoms with Gasteiger partial charge in [-0.25, -0.2) is 9.97 Å². The minimum atomic E-state index is -0.255. The van der Waals surface area contributed by atoms with E-state index in [2.05, 4.69) is 22.1 Å². The highest BCUT2D eigenvalue weighted by molar-refractivity contribution is 6.11. The van der Waals surface area contributed by atoms with E-state index in [0.717, 1.165) is 31.4 Å². The number of nitrogen functional groups attached to an aromatic ring is 1. The summed E-state index contributed by atoms with van der Waals surface area (Å²) in [6, 6.07) is 7.97. The number of nitrogens with two attached hydrogens (primary N) is 1.